The van der Waals surface area contributed by atoms with Crippen molar-refractivity contribution in [3.63, 3.8) is 0 Å². The van der Waals surface area contributed by atoms with Gasteiger partial charge in [0.1, 0.15) is 0 Å². The summed E-state index contributed by atoms with van der Waals surface area (Å²) in [5.74, 6) is 2.63. The molecule has 22 heavy (non-hydrogen) atoms. The summed E-state index contributed by atoms with van der Waals surface area (Å²) < 4.78 is 0. The van der Waals surface area contributed by atoms with Crippen molar-refractivity contribution in [2.75, 3.05) is 13.1 Å². The summed E-state index contributed by atoms with van der Waals surface area (Å²) in [7, 11) is 0. The highest BCUT2D eigenvalue weighted by molar-refractivity contribution is 6.30. The quantitative estimate of drug-likeness (QED) is 0.775. The molecule has 1 aromatic carbocycles. The van der Waals surface area contributed by atoms with Crippen molar-refractivity contribution in [2.45, 2.75) is 32.6 Å². The molecule has 2 rings (SSSR count). The number of nitrogens with zero attached hydrogens (tertiary/aromatic N) is 1. The maximum absolute atomic E-state index is 7.14. The van der Waals surface area contributed by atoms with Crippen molar-refractivity contribution >= 4 is 17.5 Å². The molecular formula is C18H24ClN3. The highest BCUT2D eigenvalue weighted by Crippen LogP contribution is 2.25. The SMILES string of the molecule is C=C(C(CC=C=N)Cc1cc(C)cc(Cl)c1)N1CCCCN1. The fourth-order valence-electron chi connectivity index (χ4n) is 2.91. The number of nitrogens with one attached hydrogen (secondary N) is 2. The van der Waals surface area contributed by atoms with Gasteiger partial charge in [0.2, 0.25) is 0 Å². The Labute approximate surface area is 138 Å². The number of hydrogen-bond donors (Lipinski definition) is 2. The van der Waals surface area contributed by atoms with E-state index in [1.54, 1.807) is 6.08 Å². The Balaban J connectivity index is 2.13. The van der Waals surface area contributed by atoms with Crippen molar-refractivity contribution in [3.8, 4) is 0 Å². The Bertz CT molecular complexity index is 549. The van der Waals surface area contributed by atoms with Gasteiger partial charge < -0.3 is 5.01 Å². The van der Waals surface area contributed by atoms with Crippen LogP contribution in [0.1, 0.15) is 30.4 Å². The van der Waals surface area contributed by atoms with Crippen LogP contribution >= 0.6 is 11.6 Å². The highest BCUT2D eigenvalue weighted by Gasteiger charge is 2.20. The second-order valence-electron chi connectivity index (χ2n) is 5.88. The molecule has 0 spiro atoms. The van der Waals surface area contributed by atoms with Gasteiger partial charge in [-0.2, -0.15) is 0 Å². The van der Waals surface area contributed by atoms with Gasteiger partial charge in [0, 0.05) is 29.7 Å². The fourth-order valence-corrected chi connectivity index (χ4v) is 3.22. The van der Waals surface area contributed by atoms with Crippen LogP contribution in [0.4, 0.5) is 0 Å². The van der Waals surface area contributed by atoms with Crippen molar-refractivity contribution in [1.82, 2.24) is 10.4 Å². The molecule has 118 valence electrons. The average molecular weight is 318 g/mol. The molecule has 3 nitrogen and oxygen atoms in total. The second-order valence-corrected chi connectivity index (χ2v) is 6.32. The lowest BCUT2D eigenvalue weighted by Gasteiger charge is -2.35. The largest absolute Gasteiger partial charge is 0.313 e. The first-order valence-corrected chi connectivity index (χ1v) is 8.18. The van der Waals surface area contributed by atoms with Gasteiger partial charge in [0.15, 0.2) is 0 Å². The minimum Gasteiger partial charge on any atom is -0.313 e. The standard InChI is InChI=1S/C18H24ClN3/c1-14-10-16(13-18(19)11-14)12-17(6-5-7-20)15(2)22-9-4-3-8-21-22/h5,10-11,13,17,20-21H,2-4,6,8-9,12H2,1H3. The number of rotatable bonds is 6. The Morgan fingerprint density at radius 2 is 2.32 bits per heavy atom. The van der Waals surface area contributed by atoms with Gasteiger partial charge in [-0.05, 0) is 67.8 Å². The lowest BCUT2D eigenvalue weighted by molar-refractivity contribution is 0.181. The van der Waals surface area contributed by atoms with Gasteiger partial charge in [-0.3, -0.25) is 5.41 Å². The van der Waals surface area contributed by atoms with Crippen LogP contribution in [-0.4, -0.2) is 24.0 Å². The van der Waals surface area contributed by atoms with Crippen LogP contribution in [0.2, 0.25) is 5.02 Å². The molecular weight excluding hydrogens is 294 g/mol. The normalized spacial score (nSPS) is 16.0. The molecule has 4 heteroatoms. The van der Waals surface area contributed by atoms with E-state index in [0.29, 0.717) is 0 Å². The van der Waals surface area contributed by atoms with E-state index in [1.165, 1.54) is 24.0 Å². The lowest BCUT2D eigenvalue weighted by Crippen LogP contribution is -2.44. The summed E-state index contributed by atoms with van der Waals surface area (Å²) in [4.78, 5) is 0. The first kappa shape index (κ1) is 16.8. The van der Waals surface area contributed by atoms with Crippen molar-refractivity contribution in [2.24, 2.45) is 5.92 Å². The van der Waals surface area contributed by atoms with Gasteiger partial charge in [-0.1, -0.05) is 24.2 Å². The molecule has 2 N–H and O–H groups in total. The maximum Gasteiger partial charge on any atom is 0.0411 e. The Kier molecular flexibility index (Phi) is 6.26. The Hall–Kier alpha value is -1.54. The topological polar surface area (TPSA) is 39.1 Å². The second kappa shape index (κ2) is 8.19. The van der Waals surface area contributed by atoms with E-state index in [9.17, 15) is 0 Å². The summed E-state index contributed by atoms with van der Waals surface area (Å²) in [5, 5.41) is 10.1. The Morgan fingerprint density at radius 3 is 2.95 bits per heavy atom. The monoisotopic (exact) mass is 317 g/mol. The van der Waals surface area contributed by atoms with Crippen LogP contribution < -0.4 is 5.43 Å². The minimum atomic E-state index is 0.251. The zero-order valence-electron chi connectivity index (χ0n) is 13.2. The van der Waals surface area contributed by atoms with E-state index in [4.69, 9.17) is 17.0 Å². The summed E-state index contributed by atoms with van der Waals surface area (Å²) in [6.07, 6.45) is 5.82. The molecule has 0 aliphatic carbocycles. The molecule has 1 unspecified atom stereocenters. The summed E-state index contributed by atoms with van der Waals surface area (Å²) in [6, 6.07) is 6.16. The zero-order chi connectivity index (χ0) is 15.9. The van der Waals surface area contributed by atoms with Gasteiger partial charge >= 0.3 is 0 Å². The number of halogens is 1. The van der Waals surface area contributed by atoms with E-state index >= 15 is 0 Å². The smallest absolute Gasteiger partial charge is 0.0411 e. The van der Waals surface area contributed by atoms with Crippen LogP contribution in [0.15, 0.2) is 36.6 Å². The van der Waals surface area contributed by atoms with E-state index in [1.807, 2.05) is 12.1 Å². The molecule has 1 heterocycles. The molecule has 1 atom stereocenters. The number of hydrazine groups is 1. The predicted octanol–water partition coefficient (Wildman–Crippen LogP) is 4.12. The molecule has 1 saturated heterocycles. The first-order chi connectivity index (χ1) is 10.6. The van der Waals surface area contributed by atoms with Crippen molar-refractivity contribution < 1.29 is 0 Å². The molecule has 0 radical (unpaired) electrons. The Morgan fingerprint density at radius 1 is 1.50 bits per heavy atom. The van der Waals surface area contributed by atoms with Gasteiger partial charge in [0.25, 0.3) is 0 Å². The van der Waals surface area contributed by atoms with Crippen LogP contribution in [-0.2, 0) is 6.42 Å². The number of allylic oxidation sites excluding steroid dienone is 2. The van der Waals surface area contributed by atoms with Gasteiger partial charge in [-0.25, -0.2) is 5.43 Å². The van der Waals surface area contributed by atoms with Crippen LogP contribution in [0.25, 0.3) is 0 Å². The molecule has 1 fully saturated rings. The van der Waals surface area contributed by atoms with Crippen LogP contribution in [0.5, 0.6) is 0 Å². The van der Waals surface area contributed by atoms with E-state index in [-0.39, 0.29) is 5.92 Å². The molecule has 0 aromatic heterocycles. The number of aryl methyl sites for hydroxylation is 1. The lowest BCUT2D eigenvalue weighted by atomic mass is 9.92. The highest BCUT2D eigenvalue weighted by atomic mass is 35.5. The zero-order valence-corrected chi connectivity index (χ0v) is 13.9. The predicted molar refractivity (Wildman–Crippen MR) is 93.4 cm³/mol. The van der Waals surface area contributed by atoms with E-state index in [0.717, 1.165) is 36.7 Å². The van der Waals surface area contributed by atoms with Crippen molar-refractivity contribution in [1.29, 1.82) is 5.41 Å². The van der Waals surface area contributed by atoms with Gasteiger partial charge in [-0.15, -0.1) is 0 Å². The molecule has 1 aromatic rings. The van der Waals surface area contributed by atoms with Crippen LogP contribution in [0.3, 0.4) is 0 Å². The molecule has 0 amide bonds. The van der Waals surface area contributed by atoms with Gasteiger partial charge in [0.05, 0.1) is 0 Å². The average Bonchev–Trinajstić information content (AvgIpc) is 2.50. The third-order valence-electron chi connectivity index (χ3n) is 4.02. The number of benzene rings is 1. The summed E-state index contributed by atoms with van der Waals surface area (Å²) in [5.41, 5.74) is 6.88. The maximum atomic E-state index is 7.14. The molecule has 1 aliphatic heterocycles. The molecule has 1 aliphatic rings. The van der Waals surface area contributed by atoms with Crippen molar-refractivity contribution in [3.05, 3.63) is 52.7 Å². The fraction of sp³-hybridized carbons (Fsp3) is 0.444. The third-order valence-corrected chi connectivity index (χ3v) is 4.24. The molecule has 0 saturated carbocycles. The first-order valence-electron chi connectivity index (χ1n) is 7.80. The molecule has 0 bridgehead atoms. The van der Waals surface area contributed by atoms with E-state index < -0.39 is 0 Å². The third kappa shape index (κ3) is 4.74. The number of hydrogen-bond acceptors (Lipinski definition) is 3. The summed E-state index contributed by atoms with van der Waals surface area (Å²) in [6.45, 7) is 8.35. The van der Waals surface area contributed by atoms with E-state index in [2.05, 4.69) is 35.9 Å². The minimum absolute atomic E-state index is 0.251. The van der Waals surface area contributed by atoms with Crippen LogP contribution in [0, 0.1) is 18.3 Å². The summed E-state index contributed by atoms with van der Waals surface area (Å²) >= 11 is 6.17.